The zero-order valence-electron chi connectivity index (χ0n) is 15.4. The average molecular weight is 396 g/mol. The van der Waals surface area contributed by atoms with Gasteiger partial charge in [0.05, 0.1) is 25.8 Å². The van der Waals surface area contributed by atoms with Crippen LogP contribution in [0.15, 0.2) is 60.0 Å². The number of ether oxygens (including phenoxy) is 1. The number of carbonyl (C=O) groups is 2. The van der Waals surface area contributed by atoms with Crippen molar-refractivity contribution < 1.29 is 19.4 Å². The molecule has 0 radical (unpaired) electrons. The van der Waals surface area contributed by atoms with Crippen LogP contribution in [-0.4, -0.2) is 29.1 Å². The molecule has 6 nitrogen and oxygen atoms in total. The molecular formula is C21H20N2O4S. The first kappa shape index (κ1) is 19.6. The predicted octanol–water partition coefficient (Wildman–Crippen LogP) is 4.22. The van der Waals surface area contributed by atoms with Crippen LogP contribution in [0.4, 0.5) is 5.13 Å². The van der Waals surface area contributed by atoms with Gasteiger partial charge >= 0.3 is 5.97 Å². The number of aliphatic carboxylic acids is 1. The fourth-order valence-corrected chi connectivity index (χ4v) is 3.51. The number of hydrogen-bond acceptors (Lipinski definition) is 5. The van der Waals surface area contributed by atoms with E-state index in [1.807, 2.05) is 60.0 Å². The average Bonchev–Trinajstić information content (AvgIpc) is 3.21. The summed E-state index contributed by atoms with van der Waals surface area (Å²) in [6.07, 6.45) is -0.277. The summed E-state index contributed by atoms with van der Waals surface area (Å²) in [5.41, 5.74) is 2.63. The van der Waals surface area contributed by atoms with E-state index in [2.05, 4.69) is 4.98 Å². The fourth-order valence-electron chi connectivity index (χ4n) is 2.66. The van der Waals surface area contributed by atoms with Gasteiger partial charge in [-0.05, 0) is 29.8 Å². The van der Waals surface area contributed by atoms with Gasteiger partial charge in [-0.1, -0.05) is 30.3 Å². The van der Waals surface area contributed by atoms with E-state index < -0.39 is 5.97 Å². The number of methoxy groups -OCH3 is 1. The lowest BCUT2D eigenvalue weighted by atomic mass is 10.2. The Morgan fingerprint density at radius 1 is 1.07 bits per heavy atom. The van der Waals surface area contributed by atoms with Crippen molar-refractivity contribution in [2.24, 2.45) is 0 Å². The van der Waals surface area contributed by atoms with Gasteiger partial charge < -0.3 is 9.84 Å². The monoisotopic (exact) mass is 396 g/mol. The second-order valence-corrected chi connectivity index (χ2v) is 6.94. The van der Waals surface area contributed by atoms with Gasteiger partial charge in [0.25, 0.3) is 0 Å². The number of rotatable bonds is 8. The van der Waals surface area contributed by atoms with Crippen LogP contribution >= 0.6 is 11.3 Å². The summed E-state index contributed by atoms with van der Waals surface area (Å²) in [6, 6.07) is 17.1. The summed E-state index contributed by atoms with van der Waals surface area (Å²) in [7, 11) is 1.61. The minimum Gasteiger partial charge on any atom is -0.497 e. The Morgan fingerprint density at radius 3 is 2.43 bits per heavy atom. The number of amides is 1. The largest absolute Gasteiger partial charge is 0.497 e. The second-order valence-electron chi connectivity index (χ2n) is 6.10. The molecule has 1 aromatic heterocycles. The van der Waals surface area contributed by atoms with E-state index in [9.17, 15) is 9.59 Å². The number of anilines is 1. The first-order valence-corrected chi connectivity index (χ1v) is 9.61. The van der Waals surface area contributed by atoms with Crippen molar-refractivity contribution >= 4 is 28.3 Å². The van der Waals surface area contributed by atoms with Crippen molar-refractivity contribution in [1.29, 1.82) is 0 Å². The lowest BCUT2D eigenvalue weighted by molar-refractivity contribution is -0.138. The normalized spacial score (nSPS) is 10.5. The smallest absolute Gasteiger partial charge is 0.303 e. The van der Waals surface area contributed by atoms with Crippen molar-refractivity contribution in [2.75, 3.05) is 12.0 Å². The van der Waals surface area contributed by atoms with Crippen LogP contribution < -0.4 is 9.64 Å². The maximum atomic E-state index is 12.7. The highest BCUT2D eigenvalue weighted by Gasteiger charge is 2.20. The molecule has 0 bridgehead atoms. The van der Waals surface area contributed by atoms with E-state index in [1.54, 1.807) is 12.0 Å². The molecule has 144 valence electrons. The fraction of sp³-hybridized carbons (Fsp3) is 0.190. The molecule has 3 rings (SSSR count). The minimum atomic E-state index is -0.994. The molecule has 0 fully saturated rings. The van der Waals surface area contributed by atoms with Crippen molar-refractivity contribution in [1.82, 2.24) is 4.98 Å². The standard InChI is InChI=1S/C21H20N2O4S/c1-27-17-9-7-16(8-10-17)18-14-28-21(22-18)23(19(24)11-12-20(25)26)13-15-5-3-2-4-6-15/h2-10,14H,11-13H2,1H3,(H,25,26). The molecule has 1 amide bonds. The van der Waals surface area contributed by atoms with Crippen LogP contribution in [0.5, 0.6) is 5.75 Å². The zero-order valence-corrected chi connectivity index (χ0v) is 16.2. The molecule has 3 aromatic rings. The van der Waals surface area contributed by atoms with Crippen LogP contribution in [0.25, 0.3) is 11.3 Å². The van der Waals surface area contributed by atoms with Gasteiger partial charge in [0.1, 0.15) is 5.75 Å². The molecule has 0 aliphatic carbocycles. The van der Waals surface area contributed by atoms with Crippen molar-refractivity contribution in [3.05, 3.63) is 65.5 Å². The molecular weight excluding hydrogens is 376 g/mol. The lowest BCUT2D eigenvalue weighted by Gasteiger charge is -2.19. The number of hydrogen-bond donors (Lipinski definition) is 1. The first-order chi connectivity index (χ1) is 13.6. The van der Waals surface area contributed by atoms with Gasteiger partial charge in [-0.3, -0.25) is 14.5 Å². The first-order valence-electron chi connectivity index (χ1n) is 8.73. The molecule has 2 aromatic carbocycles. The molecule has 7 heteroatoms. The van der Waals surface area contributed by atoms with E-state index in [0.29, 0.717) is 11.7 Å². The van der Waals surface area contributed by atoms with Crippen molar-refractivity contribution in [3.63, 3.8) is 0 Å². The van der Waals surface area contributed by atoms with Gasteiger partial charge in [0.2, 0.25) is 5.91 Å². The summed E-state index contributed by atoms with van der Waals surface area (Å²) in [5.74, 6) is -0.498. The van der Waals surface area contributed by atoms with Crippen LogP contribution in [0.1, 0.15) is 18.4 Å². The number of carbonyl (C=O) groups excluding carboxylic acids is 1. The summed E-state index contributed by atoms with van der Waals surface area (Å²) < 4.78 is 5.17. The Morgan fingerprint density at radius 2 is 1.79 bits per heavy atom. The summed E-state index contributed by atoms with van der Waals surface area (Å²) >= 11 is 1.36. The zero-order chi connectivity index (χ0) is 19.9. The predicted molar refractivity (Wildman–Crippen MR) is 109 cm³/mol. The van der Waals surface area contributed by atoms with Crippen LogP contribution in [0.3, 0.4) is 0 Å². The lowest BCUT2D eigenvalue weighted by Crippen LogP contribution is -2.30. The van der Waals surface area contributed by atoms with Gasteiger partial charge in [-0.2, -0.15) is 0 Å². The van der Waals surface area contributed by atoms with Gasteiger partial charge in [0.15, 0.2) is 5.13 Å². The maximum Gasteiger partial charge on any atom is 0.303 e. The second kappa shape index (κ2) is 9.14. The highest BCUT2D eigenvalue weighted by Crippen LogP contribution is 2.30. The number of carboxylic acids is 1. The third kappa shape index (κ3) is 4.95. The van der Waals surface area contributed by atoms with E-state index in [-0.39, 0.29) is 18.7 Å². The SMILES string of the molecule is COc1ccc(-c2csc(N(Cc3ccccc3)C(=O)CCC(=O)O)n2)cc1. The quantitative estimate of drug-likeness (QED) is 0.617. The third-order valence-electron chi connectivity index (χ3n) is 4.15. The summed E-state index contributed by atoms with van der Waals surface area (Å²) in [6.45, 7) is 0.342. The summed E-state index contributed by atoms with van der Waals surface area (Å²) in [4.78, 5) is 29.7. The van der Waals surface area contributed by atoms with Gasteiger partial charge in [-0.15, -0.1) is 11.3 Å². The van der Waals surface area contributed by atoms with E-state index in [4.69, 9.17) is 9.84 Å². The Balaban J connectivity index is 1.85. The Kier molecular flexibility index (Phi) is 6.39. The van der Waals surface area contributed by atoms with Gasteiger partial charge in [-0.25, -0.2) is 4.98 Å². The topological polar surface area (TPSA) is 79.7 Å². The molecule has 0 saturated heterocycles. The summed E-state index contributed by atoms with van der Waals surface area (Å²) in [5, 5.41) is 11.3. The molecule has 1 heterocycles. The third-order valence-corrected chi connectivity index (χ3v) is 5.01. The minimum absolute atomic E-state index is 0.0698. The van der Waals surface area contributed by atoms with E-state index >= 15 is 0 Å². The molecule has 0 atom stereocenters. The number of benzene rings is 2. The van der Waals surface area contributed by atoms with Gasteiger partial charge in [0, 0.05) is 17.4 Å². The maximum absolute atomic E-state index is 12.7. The molecule has 1 N–H and O–H groups in total. The molecule has 0 unspecified atom stereocenters. The van der Waals surface area contributed by atoms with Crippen molar-refractivity contribution in [3.8, 4) is 17.0 Å². The Hall–Kier alpha value is -3.19. The molecule has 0 saturated carbocycles. The highest BCUT2D eigenvalue weighted by molar-refractivity contribution is 7.14. The Labute approximate surface area is 167 Å². The number of thiazole rings is 1. The Bertz CT molecular complexity index is 939. The molecule has 0 aliphatic heterocycles. The molecule has 0 spiro atoms. The van der Waals surface area contributed by atoms with E-state index in [1.165, 1.54) is 11.3 Å². The van der Waals surface area contributed by atoms with E-state index in [0.717, 1.165) is 22.6 Å². The van der Waals surface area contributed by atoms with Crippen LogP contribution in [0.2, 0.25) is 0 Å². The molecule has 28 heavy (non-hydrogen) atoms. The molecule has 0 aliphatic rings. The number of carboxylic acid groups (broad SMARTS) is 1. The van der Waals surface area contributed by atoms with Crippen LogP contribution in [0, 0.1) is 0 Å². The number of nitrogens with zero attached hydrogens (tertiary/aromatic N) is 2. The van der Waals surface area contributed by atoms with Crippen molar-refractivity contribution in [2.45, 2.75) is 19.4 Å². The number of aromatic nitrogens is 1. The highest BCUT2D eigenvalue weighted by atomic mass is 32.1. The van der Waals surface area contributed by atoms with Crippen LogP contribution in [-0.2, 0) is 16.1 Å².